The molecule has 0 spiro atoms. The molecule has 112 valence electrons. The predicted octanol–water partition coefficient (Wildman–Crippen LogP) is 1.49. The minimum atomic E-state index is -0.937. The van der Waals surface area contributed by atoms with Crippen molar-refractivity contribution in [3.8, 4) is 0 Å². The quantitative estimate of drug-likeness (QED) is 0.845. The van der Waals surface area contributed by atoms with Gasteiger partial charge in [-0.1, -0.05) is 37.3 Å². The van der Waals surface area contributed by atoms with Crippen molar-refractivity contribution in [2.24, 2.45) is 5.73 Å². The van der Waals surface area contributed by atoms with Crippen LogP contribution < -0.4 is 11.1 Å². The summed E-state index contributed by atoms with van der Waals surface area (Å²) >= 11 is 0. The van der Waals surface area contributed by atoms with Gasteiger partial charge in [0.2, 0.25) is 5.91 Å². The highest BCUT2D eigenvalue weighted by Gasteiger charge is 2.38. The maximum atomic E-state index is 12.3. The van der Waals surface area contributed by atoms with Crippen molar-refractivity contribution in [1.29, 1.82) is 0 Å². The molecule has 1 aromatic carbocycles. The van der Waals surface area contributed by atoms with Gasteiger partial charge in [-0.3, -0.25) is 10.1 Å². The number of aryl methyl sites for hydroxylation is 1. The Morgan fingerprint density at radius 1 is 1.33 bits per heavy atom. The highest BCUT2D eigenvalue weighted by molar-refractivity contribution is 5.86. The van der Waals surface area contributed by atoms with Crippen LogP contribution in [0.3, 0.4) is 0 Å². The molecule has 0 fully saturated rings. The van der Waals surface area contributed by atoms with Crippen molar-refractivity contribution in [3.05, 3.63) is 53.6 Å². The average Bonchev–Trinajstić information content (AvgIpc) is 2.79. The summed E-state index contributed by atoms with van der Waals surface area (Å²) in [6, 6.07) is 9.60. The largest absolute Gasteiger partial charge is 0.368 e. The van der Waals surface area contributed by atoms with Crippen LogP contribution in [0.1, 0.15) is 23.9 Å². The predicted molar refractivity (Wildman–Crippen MR) is 82.7 cm³/mol. The summed E-state index contributed by atoms with van der Waals surface area (Å²) < 4.78 is 1.97. The van der Waals surface area contributed by atoms with Gasteiger partial charge in [-0.25, -0.2) is 4.98 Å². The molecule has 0 saturated carbocycles. The Morgan fingerprint density at radius 3 is 2.48 bits per heavy atom. The summed E-state index contributed by atoms with van der Waals surface area (Å²) in [6.45, 7) is 6.97. The summed E-state index contributed by atoms with van der Waals surface area (Å²) in [4.78, 5) is 16.6. The Balaban J connectivity index is 2.50. The monoisotopic (exact) mass is 286 g/mol. The Morgan fingerprint density at radius 2 is 2.00 bits per heavy atom. The van der Waals surface area contributed by atoms with E-state index >= 15 is 0 Å². The van der Waals surface area contributed by atoms with E-state index in [4.69, 9.17) is 5.73 Å². The van der Waals surface area contributed by atoms with Gasteiger partial charge in [0.05, 0.1) is 18.6 Å². The number of aromatic nitrogens is 2. The molecule has 1 amide bonds. The summed E-state index contributed by atoms with van der Waals surface area (Å²) in [6.07, 6.45) is 1.75. The van der Waals surface area contributed by atoms with Crippen LogP contribution in [-0.2, 0) is 16.9 Å². The fourth-order valence-corrected chi connectivity index (χ4v) is 2.54. The summed E-state index contributed by atoms with van der Waals surface area (Å²) in [7, 11) is 0. The molecule has 0 aliphatic rings. The highest BCUT2D eigenvalue weighted by atomic mass is 16.1. The second-order valence-electron chi connectivity index (χ2n) is 5.21. The Labute approximate surface area is 125 Å². The lowest BCUT2D eigenvalue weighted by molar-refractivity contribution is -0.125. The first-order valence-corrected chi connectivity index (χ1v) is 7.10. The summed E-state index contributed by atoms with van der Waals surface area (Å²) in [5, 5.41) is 3.27. The number of benzene rings is 1. The average molecular weight is 286 g/mol. The number of nitrogens with one attached hydrogen (secondary N) is 1. The van der Waals surface area contributed by atoms with Crippen LogP contribution in [0.5, 0.6) is 0 Å². The lowest BCUT2D eigenvalue weighted by Gasteiger charge is -2.32. The van der Waals surface area contributed by atoms with E-state index in [1.165, 1.54) is 0 Å². The van der Waals surface area contributed by atoms with Crippen molar-refractivity contribution in [2.45, 2.75) is 32.9 Å². The minimum Gasteiger partial charge on any atom is -0.368 e. The number of carbonyl (C=O) groups excluding carboxylic acids is 1. The standard InChI is InChI=1S/C16H22N4O/c1-4-19-16(15(17)21,14-8-6-5-7-9-14)10-20-11-18-12(2)13(20)3/h5-9,11,19H,4,10H2,1-3H3,(H2,17,21). The van der Waals surface area contributed by atoms with Crippen LogP contribution in [0.2, 0.25) is 0 Å². The lowest BCUT2D eigenvalue weighted by atomic mass is 9.88. The van der Waals surface area contributed by atoms with Crippen LogP contribution in [0, 0.1) is 13.8 Å². The van der Waals surface area contributed by atoms with E-state index < -0.39 is 5.54 Å². The van der Waals surface area contributed by atoms with Crippen LogP contribution >= 0.6 is 0 Å². The molecule has 0 aliphatic carbocycles. The maximum absolute atomic E-state index is 12.3. The van der Waals surface area contributed by atoms with Crippen LogP contribution in [0.15, 0.2) is 36.7 Å². The van der Waals surface area contributed by atoms with E-state index in [0.717, 1.165) is 17.0 Å². The Bertz CT molecular complexity index is 620. The molecule has 0 radical (unpaired) electrons. The highest BCUT2D eigenvalue weighted by Crippen LogP contribution is 2.24. The molecule has 1 aromatic heterocycles. The molecule has 5 nitrogen and oxygen atoms in total. The Kier molecular flexibility index (Phi) is 4.43. The molecular weight excluding hydrogens is 264 g/mol. The van der Waals surface area contributed by atoms with Crippen molar-refractivity contribution >= 4 is 5.91 Å². The Hall–Kier alpha value is -2.14. The molecule has 21 heavy (non-hydrogen) atoms. The fourth-order valence-electron chi connectivity index (χ4n) is 2.54. The third-order valence-corrected chi connectivity index (χ3v) is 3.92. The SMILES string of the molecule is CCNC(Cn1cnc(C)c1C)(C(N)=O)c1ccccc1. The molecule has 2 aromatic rings. The van der Waals surface area contributed by atoms with E-state index in [1.54, 1.807) is 6.33 Å². The molecule has 1 heterocycles. The van der Waals surface area contributed by atoms with Crippen LogP contribution in [0.4, 0.5) is 0 Å². The summed E-state index contributed by atoms with van der Waals surface area (Å²) in [5.74, 6) is -0.388. The number of carbonyl (C=O) groups is 1. The van der Waals surface area contributed by atoms with Gasteiger partial charge in [-0.2, -0.15) is 0 Å². The molecule has 0 saturated heterocycles. The zero-order chi connectivity index (χ0) is 15.5. The zero-order valence-electron chi connectivity index (χ0n) is 12.8. The topological polar surface area (TPSA) is 72.9 Å². The van der Waals surface area contributed by atoms with Gasteiger partial charge >= 0.3 is 0 Å². The first-order valence-electron chi connectivity index (χ1n) is 7.10. The molecule has 0 aliphatic heterocycles. The van der Waals surface area contributed by atoms with E-state index in [1.807, 2.05) is 55.7 Å². The fraction of sp³-hybridized carbons (Fsp3) is 0.375. The van der Waals surface area contributed by atoms with Gasteiger partial charge in [-0.05, 0) is 26.0 Å². The van der Waals surface area contributed by atoms with Gasteiger partial charge < -0.3 is 10.3 Å². The molecule has 1 atom stereocenters. The lowest BCUT2D eigenvalue weighted by Crippen LogP contribution is -2.55. The summed E-state index contributed by atoms with van der Waals surface area (Å²) in [5.41, 5.74) is 7.68. The zero-order valence-corrected chi connectivity index (χ0v) is 12.8. The minimum absolute atomic E-state index is 0.388. The normalized spacial score (nSPS) is 13.9. The van der Waals surface area contributed by atoms with E-state index in [-0.39, 0.29) is 5.91 Å². The van der Waals surface area contributed by atoms with Gasteiger partial charge in [-0.15, -0.1) is 0 Å². The maximum Gasteiger partial charge on any atom is 0.244 e. The number of amides is 1. The molecule has 3 N–H and O–H groups in total. The van der Waals surface area contributed by atoms with Crippen molar-refractivity contribution < 1.29 is 4.79 Å². The number of nitrogens with zero attached hydrogens (tertiary/aromatic N) is 2. The number of hydrogen-bond acceptors (Lipinski definition) is 3. The van der Waals surface area contributed by atoms with E-state index in [9.17, 15) is 4.79 Å². The number of imidazole rings is 1. The van der Waals surface area contributed by atoms with Crippen molar-refractivity contribution in [1.82, 2.24) is 14.9 Å². The third kappa shape index (κ3) is 2.83. The number of likely N-dealkylation sites (N-methyl/N-ethyl adjacent to an activating group) is 1. The van der Waals surface area contributed by atoms with Crippen LogP contribution in [-0.4, -0.2) is 22.0 Å². The van der Waals surface area contributed by atoms with Crippen LogP contribution in [0.25, 0.3) is 0 Å². The molecule has 2 rings (SSSR count). The van der Waals surface area contributed by atoms with Crippen molar-refractivity contribution in [2.75, 3.05) is 6.54 Å². The van der Waals surface area contributed by atoms with Crippen molar-refractivity contribution in [3.63, 3.8) is 0 Å². The number of primary amides is 1. The number of hydrogen-bond donors (Lipinski definition) is 2. The number of nitrogens with two attached hydrogens (primary N) is 1. The van der Waals surface area contributed by atoms with E-state index in [0.29, 0.717) is 13.1 Å². The van der Waals surface area contributed by atoms with Gasteiger partial charge in [0.1, 0.15) is 5.54 Å². The number of rotatable bonds is 6. The van der Waals surface area contributed by atoms with Gasteiger partial charge in [0.15, 0.2) is 0 Å². The molecule has 0 bridgehead atoms. The second kappa shape index (κ2) is 6.10. The van der Waals surface area contributed by atoms with E-state index in [2.05, 4.69) is 10.3 Å². The molecule has 5 heteroatoms. The second-order valence-corrected chi connectivity index (χ2v) is 5.21. The molecular formula is C16H22N4O. The first kappa shape index (κ1) is 15.3. The van der Waals surface area contributed by atoms with Gasteiger partial charge in [0.25, 0.3) is 0 Å². The first-order chi connectivity index (χ1) is 10.0. The van der Waals surface area contributed by atoms with Gasteiger partial charge in [0, 0.05) is 5.69 Å². The molecule has 1 unspecified atom stereocenters. The third-order valence-electron chi connectivity index (χ3n) is 3.92. The smallest absolute Gasteiger partial charge is 0.244 e.